The summed E-state index contributed by atoms with van der Waals surface area (Å²) >= 11 is 0. The van der Waals surface area contributed by atoms with E-state index in [4.69, 9.17) is 9.97 Å². The minimum atomic E-state index is -0.0427. The molecule has 0 unspecified atom stereocenters. The van der Waals surface area contributed by atoms with E-state index in [0.29, 0.717) is 5.82 Å². The van der Waals surface area contributed by atoms with Crippen LogP contribution in [0, 0.1) is 0 Å². The number of aromatic nitrogens is 3. The Morgan fingerprint density at radius 2 is 0.945 bits per heavy atom. The quantitative estimate of drug-likeness (QED) is 0.173. The lowest BCUT2D eigenvalue weighted by Crippen LogP contribution is -2.14. The second-order valence-electron chi connectivity index (χ2n) is 14.9. The Morgan fingerprint density at radius 3 is 1.67 bits per heavy atom. The summed E-state index contributed by atoms with van der Waals surface area (Å²) in [6.07, 6.45) is 3.69. The number of hydrogen-bond acceptors (Lipinski definition) is 3. The van der Waals surface area contributed by atoms with Crippen LogP contribution in [0.15, 0.2) is 188 Å². The summed E-state index contributed by atoms with van der Waals surface area (Å²) in [6, 6.07) is 62.9. The van der Waals surface area contributed by atoms with Crippen molar-refractivity contribution in [3.05, 3.63) is 199 Å². The van der Waals surface area contributed by atoms with Gasteiger partial charge in [-0.05, 0) is 84.6 Å². The zero-order chi connectivity index (χ0) is 36.9. The van der Waals surface area contributed by atoms with E-state index >= 15 is 0 Å². The Labute approximate surface area is 321 Å². The topological polar surface area (TPSA) is 38.7 Å². The summed E-state index contributed by atoms with van der Waals surface area (Å²) in [6.45, 7) is 4.66. The van der Waals surface area contributed by atoms with Gasteiger partial charge in [-0.2, -0.15) is 0 Å². The van der Waals surface area contributed by atoms with Crippen LogP contribution >= 0.6 is 0 Å². The Balaban J connectivity index is 1.02. The predicted octanol–water partition coefficient (Wildman–Crippen LogP) is 13.3. The number of hydrogen-bond donors (Lipinski definition) is 0. The molecule has 1 aliphatic rings. The van der Waals surface area contributed by atoms with E-state index in [-0.39, 0.29) is 5.41 Å². The molecule has 0 N–H and O–H groups in total. The third-order valence-corrected chi connectivity index (χ3v) is 11.2. The molecule has 0 saturated heterocycles. The summed E-state index contributed by atoms with van der Waals surface area (Å²) in [4.78, 5) is 14.7. The first-order valence-corrected chi connectivity index (χ1v) is 18.8. The van der Waals surface area contributed by atoms with Crippen molar-refractivity contribution in [1.82, 2.24) is 15.0 Å². The van der Waals surface area contributed by atoms with Crippen molar-refractivity contribution in [3.8, 4) is 78.4 Å². The first-order valence-electron chi connectivity index (χ1n) is 18.8. The molecule has 0 radical (unpaired) electrons. The molecule has 2 aromatic heterocycles. The third kappa shape index (κ3) is 5.82. The maximum Gasteiger partial charge on any atom is 0.160 e. The fourth-order valence-electron chi connectivity index (χ4n) is 8.23. The predicted molar refractivity (Wildman–Crippen MR) is 228 cm³/mol. The molecule has 2 heterocycles. The average molecular weight is 704 g/mol. The van der Waals surface area contributed by atoms with Crippen molar-refractivity contribution in [3.63, 3.8) is 0 Å². The van der Waals surface area contributed by atoms with Gasteiger partial charge < -0.3 is 0 Å². The van der Waals surface area contributed by atoms with Gasteiger partial charge in [0.1, 0.15) is 0 Å². The van der Waals surface area contributed by atoms with Crippen LogP contribution in [0.1, 0.15) is 25.0 Å². The molecule has 0 aliphatic heterocycles. The summed E-state index contributed by atoms with van der Waals surface area (Å²) in [7, 11) is 0. The van der Waals surface area contributed by atoms with Gasteiger partial charge in [0.2, 0.25) is 0 Å². The van der Waals surface area contributed by atoms with Crippen LogP contribution < -0.4 is 0 Å². The van der Waals surface area contributed by atoms with Crippen LogP contribution in [0.4, 0.5) is 0 Å². The monoisotopic (exact) mass is 703 g/mol. The van der Waals surface area contributed by atoms with E-state index in [2.05, 4.69) is 189 Å². The normalized spacial score (nSPS) is 12.7. The van der Waals surface area contributed by atoms with Crippen LogP contribution in [-0.4, -0.2) is 15.0 Å². The molecule has 55 heavy (non-hydrogen) atoms. The number of nitrogens with zero attached hydrogens (tertiary/aromatic N) is 3. The van der Waals surface area contributed by atoms with Crippen molar-refractivity contribution < 1.29 is 0 Å². The first kappa shape index (κ1) is 32.7. The highest BCUT2D eigenvalue weighted by molar-refractivity contribution is 5.97. The van der Waals surface area contributed by atoms with Crippen molar-refractivity contribution in [1.29, 1.82) is 0 Å². The highest BCUT2D eigenvalue weighted by Gasteiger charge is 2.35. The van der Waals surface area contributed by atoms with E-state index in [1.54, 1.807) is 6.20 Å². The molecular weight excluding hydrogens is 667 g/mol. The fraction of sp³-hybridized carbons (Fsp3) is 0.0577. The Kier molecular flexibility index (Phi) is 7.81. The fourth-order valence-corrected chi connectivity index (χ4v) is 8.23. The smallest absolute Gasteiger partial charge is 0.160 e. The molecule has 0 fully saturated rings. The molecule has 0 atom stereocenters. The van der Waals surface area contributed by atoms with Gasteiger partial charge in [-0.25, -0.2) is 9.97 Å². The van der Waals surface area contributed by atoms with Crippen molar-refractivity contribution in [2.75, 3.05) is 0 Å². The maximum absolute atomic E-state index is 5.19. The van der Waals surface area contributed by atoms with Gasteiger partial charge in [0.25, 0.3) is 0 Å². The van der Waals surface area contributed by atoms with Gasteiger partial charge in [0, 0.05) is 34.5 Å². The minimum absolute atomic E-state index is 0.0427. The lowest BCUT2D eigenvalue weighted by atomic mass is 9.81. The summed E-state index contributed by atoms with van der Waals surface area (Å²) < 4.78 is 0. The van der Waals surface area contributed by atoms with E-state index in [1.165, 1.54) is 49.7 Å². The number of benzene rings is 7. The van der Waals surface area contributed by atoms with Crippen LogP contribution in [0.5, 0.6) is 0 Å². The molecule has 10 rings (SSSR count). The molecule has 260 valence electrons. The second-order valence-corrected chi connectivity index (χ2v) is 14.9. The lowest BCUT2D eigenvalue weighted by molar-refractivity contribution is 0.660. The Hall–Kier alpha value is -6.97. The zero-order valence-corrected chi connectivity index (χ0v) is 30.7. The largest absolute Gasteiger partial charge is 0.264 e. The minimum Gasteiger partial charge on any atom is -0.264 e. The number of pyridine rings is 1. The average Bonchev–Trinajstić information content (AvgIpc) is 3.49. The van der Waals surface area contributed by atoms with E-state index in [0.717, 1.165) is 44.8 Å². The zero-order valence-electron chi connectivity index (χ0n) is 30.7. The highest BCUT2D eigenvalue weighted by atomic mass is 14.9. The first-order chi connectivity index (χ1) is 27.0. The molecule has 0 amide bonds. The van der Waals surface area contributed by atoms with Gasteiger partial charge in [0.15, 0.2) is 5.82 Å². The van der Waals surface area contributed by atoms with Gasteiger partial charge >= 0.3 is 0 Å². The van der Waals surface area contributed by atoms with Crippen molar-refractivity contribution in [2.24, 2.45) is 0 Å². The van der Waals surface area contributed by atoms with E-state index in [1.807, 2.05) is 12.3 Å². The molecule has 0 saturated carbocycles. The molecule has 1 aliphatic carbocycles. The van der Waals surface area contributed by atoms with E-state index in [9.17, 15) is 0 Å². The SMILES string of the molecule is CC1(C)c2ccccc2-c2ccc(-c3ccc(-c4cc(-c5ccc(-c6cccnc6)cc5)nc(-c5ccc(-c6cccc7ccccc67)cc5)n4)cc3)cc21. The molecular formula is C52H37N3. The van der Waals surface area contributed by atoms with Gasteiger partial charge in [-0.1, -0.05) is 172 Å². The standard InChI is InChI=1S/C52H37N3/c1-52(2)47-15-6-5-13-45(47)46-29-28-41(31-48(46)52)34-16-22-38(23-17-34)49-32-50(39-24-18-35(19-25-39)42-11-8-30-53-33-42)55-51(54-49)40-26-20-37(21-27-40)44-14-7-10-36-9-3-4-12-43(36)44/h3-33H,1-2H3. The second kappa shape index (κ2) is 13.2. The molecule has 9 aromatic rings. The van der Waals surface area contributed by atoms with Gasteiger partial charge in [-0.15, -0.1) is 0 Å². The van der Waals surface area contributed by atoms with Crippen LogP contribution in [0.2, 0.25) is 0 Å². The van der Waals surface area contributed by atoms with Crippen molar-refractivity contribution >= 4 is 10.8 Å². The van der Waals surface area contributed by atoms with Crippen LogP contribution in [-0.2, 0) is 5.41 Å². The molecule has 0 spiro atoms. The summed E-state index contributed by atoms with van der Waals surface area (Å²) in [5.41, 5.74) is 17.2. The van der Waals surface area contributed by atoms with Crippen LogP contribution in [0.25, 0.3) is 89.2 Å². The van der Waals surface area contributed by atoms with Gasteiger partial charge in [-0.3, -0.25) is 4.98 Å². The molecule has 0 bridgehead atoms. The third-order valence-electron chi connectivity index (χ3n) is 11.2. The molecule has 3 heteroatoms. The molecule has 3 nitrogen and oxygen atoms in total. The Bertz CT molecular complexity index is 2850. The summed E-state index contributed by atoms with van der Waals surface area (Å²) in [5.74, 6) is 0.692. The molecule has 7 aromatic carbocycles. The van der Waals surface area contributed by atoms with Crippen molar-refractivity contribution in [2.45, 2.75) is 19.3 Å². The highest BCUT2D eigenvalue weighted by Crippen LogP contribution is 2.49. The number of fused-ring (bicyclic) bond motifs is 4. The lowest BCUT2D eigenvalue weighted by Gasteiger charge is -2.22. The Morgan fingerprint density at radius 1 is 0.382 bits per heavy atom. The van der Waals surface area contributed by atoms with E-state index < -0.39 is 0 Å². The number of rotatable bonds is 6. The maximum atomic E-state index is 5.19. The van der Waals surface area contributed by atoms with Crippen LogP contribution in [0.3, 0.4) is 0 Å². The van der Waals surface area contributed by atoms with Gasteiger partial charge in [0.05, 0.1) is 11.4 Å². The summed E-state index contributed by atoms with van der Waals surface area (Å²) in [5, 5.41) is 2.47.